The number of carbonyl (C=O) groups excluding carboxylic acids is 1. The molecule has 9 heteroatoms. The van der Waals surface area contributed by atoms with Crippen molar-refractivity contribution in [2.45, 2.75) is 12.5 Å². The van der Waals surface area contributed by atoms with Crippen molar-refractivity contribution in [3.8, 4) is 5.75 Å². The van der Waals surface area contributed by atoms with Crippen molar-refractivity contribution in [2.24, 2.45) is 0 Å². The fourth-order valence-electron chi connectivity index (χ4n) is 1.52. The number of nitro benzene ring substituents is 1. The number of nitrogens with zero attached hydrogens (tertiary/aromatic N) is 1. The minimum absolute atomic E-state index is 0.0258. The molecule has 0 saturated carbocycles. The summed E-state index contributed by atoms with van der Waals surface area (Å²) in [6.45, 7) is -0.0773. The average Bonchev–Trinajstić information content (AvgIpc) is 2.45. The van der Waals surface area contributed by atoms with Gasteiger partial charge in [0.1, 0.15) is 0 Å². The Kier molecular flexibility index (Phi) is 5.61. The molecule has 1 aromatic rings. The van der Waals surface area contributed by atoms with Gasteiger partial charge in [0.05, 0.1) is 12.0 Å². The molecule has 0 aliphatic heterocycles. The normalized spacial score (nSPS) is 11.5. The number of carbonyl (C=O) groups is 2. The first-order valence-electron chi connectivity index (χ1n) is 5.88. The lowest BCUT2D eigenvalue weighted by molar-refractivity contribution is -0.385. The molecular weight excluding hydrogens is 284 g/mol. The lowest BCUT2D eigenvalue weighted by atomic mass is 10.1. The Morgan fingerprint density at radius 3 is 2.67 bits per heavy atom. The molecule has 0 aromatic heterocycles. The van der Waals surface area contributed by atoms with Crippen LogP contribution in [0.1, 0.15) is 16.8 Å². The Hall–Kier alpha value is -2.68. The smallest absolute Gasteiger partial charge is 0.332 e. The summed E-state index contributed by atoms with van der Waals surface area (Å²) in [6, 6.07) is 3.69. The standard InChI is InChI=1S/C12H14N2O7/c1-21-10-3-2-7(6-8(10)14(19)20)11(16)13-5-4-9(15)12(17)18/h2-3,6,9,15H,4-5H2,1H3,(H,13,16)(H,17,18). The first-order valence-corrected chi connectivity index (χ1v) is 5.88. The third-order valence-corrected chi connectivity index (χ3v) is 2.63. The summed E-state index contributed by atoms with van der Waals surface area (Å²) in [5.74, 6) is -1.97. The van der Waals surface area contributed by atoms with E-state index in [1.54, 1.807) is 0 Å². The number of nitrogens with one attached hydrogen (secondary N) is 1. The van der Waals surface area contributed by atoms with E-state index in [4.69, 9.17) is 14.9 Å². The number of rotatable bonds is 7. The second-order valence-electron chi connectivity index (χ2n) is 4.04. The van der Waals surface area contributed by atoms with Crippen LogP contribution >= 0.6 is 0 Å². The van der Waals surface area contributed by atoms with Crippen LogP contribution in [0.4, 0.5) is 5.69 Å². The van der Waals surface area contributed by atoms with Crippen LogP contribution in [0.2, 0.25) is 0 Å². The predicted molar refractivity (Wildman–Crippen MR) is 70.2 cm³/mol. The van der Waals surface area contributed by atoms with Gasteiger partial charge in [0.15, 0.2) is 11.9 Å². The van der Waals surface area contributed by atoms with Crippen molar-refractivity contribution in [1.82, 2.24) is 5.32 Å². The molecule has 0 heterocycles. The van der Waals surface area contributed by atoms with Crippen LogP contribution in [0.3, 0.4) is 0 Å². The van der Waals surface area contributed by atoms with Gasteiger partial charge < -0.3 is 20.3 Å². The Morgan fingerprint density at radius 1 is 1.48 bits per heavy atom. The summed E-state index contributed by atoms with van der Waals surface area (Å²) < 4.78 is 4.81. The molecule has 1 amide bonds. The Bertz CT molecular complexity index is 559. The fraction of sp³-hybridized carbons (Fsp3) is 0.333. The quantitative estimate of drug-likeness (QED) is 0.481. The summed E-state index contributed by atoms with van der Waals surface area (Å²) in [6.07, 6.45) is -1.74. The van der Waals surface area contributed by atoms with Crippen LogP contribution in [-0.2, 0) is 4.79 Å². The summed E-state index contributed by atoms with van der Waals surface area (Å²) in [4.78, 5) is 32.3. The first-order chi connectivity index (χ1) is 9.86. The van der Waals surface area contributed by atoms with E-state index in [1.165, 1.54) is 19.2 Å². The van der Waals surface area contributed by atoms with Gasteiger partial charge >= 0.3 is 11.7 Å². The van der Waals surface area contributed by atoms with Gasteiger partial charge in [-0.25, -0.2) is 4.79 Å². The SMILES string of the molecule is COc1ccc(C(=O)NCCC(O)C(=O)O)cc1[N+](=O)[O-]. The highest BCUT2D eigenvalue weighted by molar-refractivity contribution is 5.95. The van der Waals surface area contributed by atoms with Crippen molar-refractivity contribution in [3.63, 3.8) is 0 Å². The zero-order chi connectivity index (χ0) is 16.0. The van der Waals surface area contributed by atoms with Crippen molar-refractivity contribution >= 4 is 17.6 Å². The lowest BCUT2D eigenvalue weighted by Crippen LogP contribution is -2.30. The van der Waals surface area contributed by atoms with Crippen LogP contribution in [0.25, 0.3) is 0 Å². The highest BCUT2D eigenvalue weighted by Gasteiger charge is 2.18. The molecule has 9 nitrogen and oxygen atoms in total. The minimum atomic E-state index is -1.57. The lowest BCUT2D eigenvalue weighted by Gasteiger charge is -2.08. The van der Waals surface area contributed by atoms with Crippen molar-refractivity contribution in [1.29, 1.82) is 0 Å². The molecule has 0 saturated heterocycles. The topological polar surface area (TPSA) is 139 Å². The second kappa shape index (κ2) is 7.20. The number of hydrogen-bond donors (Lipinski definition) is 3. The van der Waals surface area contributed by atoms with E-state index in [9.17, 15) is 19.7 Å². The van der Waals surface area contributed by atoms with Crippen LogP contribution in [-0.4, -0.2) is 46.8 Å². The predicted octanol–water partition coefficient (Wildman–Crippen LogP) is 0.169. The Labute approximate surface area is 119 Å². The maximum atomic E-state index is 11.8. The van der Waals surface area contributed by atoms with Crippen LogP contribution in [0, 0.1) is 10.1 Å². The van der Waals surface area contributed by atoms with Gasteiger partial charge in [0.2, 0.25) is 0 Å². The Morgan fingerprint density at radius 2 is 2.14 bits per heavy atom. The molecule has 0 spiro atoms. The van der Waals surface area contributed by atoms with Crippen LogP contribution in [0.15, 0.2) is 18.2 Å². The molecule has 0 bridgehead atoms. The van der Waals surface area contributed by atoms with Crippen LogP contribution < -0.4 is 10.1 Å². The van der Waals surface area contributed by atoms with E-state index >= 15 is 0 Å². The number of hydrogen-bond acceptors (Lipinski definition) is 6. The summed E-state index contributed by atoms with van der Waals surface area (Å²) in [7, 11) is 1.27. The van der Waals surface area contributed by atoms with E-state index in [2.05, 4.69) is 5.32 Å². The molecule has 0 radical (unpaired) electrons. The molecular formula is C12H14N2O7. The van der Waals surface area contributed by atoms with Crippen LogP contribution in [0.5, 0.6) is 5.75 Å². The zero-order valence-corrected chi connectivity index (χ0v) is 11.1. The van der Waals surface area contributed by atoms with E-state index in [1.807, 2.05) is 0 Å². The number of aliphatic carboxylic acids is 1. The highest BCUT2D eigenvalue weighted by Crippen LogP contribution is 2.27. The van der Waals surface area contributed by atoms with Gasteiger partial charge in [-0.3, -0.25) is 14.9 Å². The van der Waals surface area contributed by atoms with Gasteiger partial charge in [0.25, 0.3) is 5.91 Å². The van der Waals surface area contributed by atoms with Gasteiger partial charge in [-0.2, -0.15) is 0 Å². The number of amides is 1. The molecule has 114 valence electrons. The number of aliphatic hydroxyl groups excluding tert-OH is 1. The number of benzene rings is 1. The Balaban J connectivity index is 2.73. The molecule has 21 heavy (non-hydrogen) atoms. The van der Waals surface area contributed by atoms with E-state index in [0.717, 1.165) is 6.07 Å². The molecule has 0 fully saturated rings. The monoisotopic (exact) mass is 298 g/mol. The highest BCUT2D eigenvalue weighted by atomic mass is 16.6. The zero-order valence-electron chi connectivity index (χ0n) is 11.1. The molecule has 1 atom stereocenters. The number of carboxylic acids is 1. The molecule has 1 aromatic carbocycles. The summed E-state index contributed by atoms with van der Waals surface area (Å²) >= 11 is 0. The van der Waals surface area contributed by atoms with Gasteiger partial charge in [-0.15, -0.1) is 0 Å². The van der Waals surface area contributed by atoms with Crippen molar-refractivity contribution in [3.05, 3.63) is 33.9 Å². The third-order valence-electron chi connectivity index (χ3n) is 2.63. The van der Waals surface area contributed by atoms with Gasteiger partial charge in [-0.1, -0.05) is 0 Å². The number of aliphatic hydroxyl groups is 1. The van der Waals surface area contributed by atoms with E-state index in [0.29, 0.717) is 0 Å². The van der Waals surface area contributed by atoms with Crippen molar-refractivity contribution in [2.75, 3.05) is 13.7 Å². The third kappa shape index (κ3) is 4.42. The number of methoxy groups -OCH3 is 1. The summed E-state index contributed by atoms with van der Waals surface area (Å²) in [5.41, 5.74) is -0.317. The van der Waals surface area contributed by atoms with Crippen molar-refractivity contribution < 1.29 is 29.5 Å². The molecule has 0 aliphatic rings. The number of carboxylic acid groups (broad SMARTS) is 1. The fourth-order valence-corrected chi connectivity index (χ4v) is 1.52. The second-order valence-corrected chi connectivity index (χ2v) is 4.04. The van der Waals surface area contributed by atoms with E-state index in [-0.39, 0.29) is 30.0 Å². The number of ether oxygens (including phenoxy) is 1. The maximum absolute atomic E-state index is 11.8. The van der Waals surface area contributed by atoms with E-state index < -0.39 is 22.9 Å². The first kappa shape index (κ1) is 16.4. The molecule has 1 rings (SSSR count). The summed E-state index contributed by atoms with van der Waals surface area (Å²) in [5, 5.41) is 30.7. The molecule has 1 unspecified atom stereocenters. The van der Waals surface area contributed by atoms with Gasteiger partial charge in [-0.05, 0) is 12.1 Å². The molecule has 3 N–H and O–H groups in total. The number of nitro groups is 1. The largest absolute Gasteiger partial charge is 0.490 e. The average molecular weight is 298 g/mol. The van der Waals surface area contributed by atoms with Gasteiger partial charge in [0, 0.05) is 24.6 Å². The molecule has 0 aliphatic carbocycles. The maximum Gasteiger partial charge on any atom is 0.332 e. The minimum Gasteiger partial charge on any atom is -0.490 e.